The minimum Gasteiger partial charge on any atom is -0.395 e. The van der Waals surface area contributed by atoms with Gasteiger partial charge in [-0.05, 0) is 12.8 Å². The Bertz CT molecular complexity index is 120. The second-order valence-electron chi connectivity index (χ2n) is 2.38. The largest absolute Gasteiger partial charge is 0.395 e. The van der Waals surface area contributed by atoms with E-state index in [4.69, 9.17) is 0 Å². The van der Waals surface area contributed by atoms with E-state index in [0.717, 1.165) is 12.8 Å². The van der Waals surface area contributed by atoms with Gasteiger partial charge in [0.25, 0.3) is 0 Å². The minimum absolute atomic E-state index is 0.0394. The van der Waals surface area contributed by atoms with E-state index in [1.165, 1.54) is 5.32 Å². The molecule has 9 heavy (non-hydrogen) atoms. The molecule has 0 aromatic carbocycles. The van der Waals surface area contributed by atoms with Gasteiger partial charge in [0.05, 0.1) is 0 Å². The molecule has 2 amide bonds. The van der Waals surface area contributed by atoms with E-state index in [9.17, 15) is 4.79 Å². The van der Waals surface area contributed by atoms with Gasteiger partial charge in [-0.25, -0.2) is 4.79 Å². The molecule has 0 aromatic heterocycles. The zero-order valence-corrected chi connectivity index (χ0v) is 5.63. The topological polar surface area (TPSA) is 36.9 Å². The smallest absolute Gasteiger partial charge is 0.389 e. The van der Waals surface area contributed by atoms with Crippen LogP contribution in [0.15, 0.2) is 0 Å². The average molecular weight is 128 g/mol. The summed E-state index contributed by atoms with van der Waals surface area (Å²) in [7, 11) is 5.22. The Morgan fingerprint density at radius 1 is 1.78 bits per heavy atom. The van der Waals surface area contributed by atoms with Crippen LogP contribution in [-0.2, 0) is 0 Å². The van der Waals surface area contributed by atoms with Crippen LogP contribution in [0.5, 0.6) is 0 Å². The molecular formula is C6H12N2O. The molecule has 0 unspecified atom stereocenters. The van der Waals surface area contributed by atoms with Gasteiger partial charge in [0, 0.05) is 13.1 Å². The quantitative estimate of drug-likeness (QED) is 0.477. The van der Waals surface area contributed by atoms with Gasteiger partial charge in [0.15, 0.2) is 0 Å². The predicted molar refractivity (Wildman–Crippen MR) is 33.5 cm³/mol. The summed E-state index contributed by atoms with van der Waals surface area (Å²) in [6, 6.07) is 0.549. The van der Waals surface area contributed by atoms with Crippen LogP contribution in [0.25, 0.3) is 0 Å². The van der Waals surface area contributed by atoms with Crippen LogP contribution in [0, 0.1) is 7.05 Å². The average Bonchev–Trinajstić information content (AvgIpc) is 2.66. The summed E-state index contributed by atoms with van der Waals surface area (Å²) < 4.78 is 0. The number of primary amides is 1. The van der Waals surface area contributed by atoms with Crippen molar-refractivity contribution < 1.29 is 10.1 Å². The lowest BCUT2D eigenvalue weighted by Gasteiger charge is -2.12. The first-order chi connectivity index (χ1) is 4.25. The van der Waals surface area contributed by atoms with E-state index in [1.807, 2.05) is 7.05 Å². The highest BCUT2D eigenvalue weighted by atomic mass is 16.2. The van der Waals surface area contributed by atoms with Crippen molar-refractivity contribution in [1.82, 2.24) is 4.90 Å². The number of quaternary nitrogens is 1. The second kappa shape index (κ2) is 2.35. The Hall–Kier alpha value is -0.570. The molecule has 1 aliphatic carbocycles. The maximum absolute atomic E-state index is 10.8. The van der Waals surface area contributed by atoms with Crippen LogP contribution in [0.4, 0.5) is 4.79 Å². The third kappa shape index (κ3) is 1.42. The Balaban J connectivity index is 2.30. The third-order valence-electron chi connectivity index (χ3n) is 1.62. The van der Waals surface area contributed by atoms with Gasteiger partial charge < -0.3 is 5.32 Å². The van der Waals surface area contributed by atoms with Gasteiger partial charge in [-0.2, -0.15) is 0 Å². The van der Waals surface area contributed by atoms with Crippen LogP contribution < -0.4 is 5.32 Å². The Morgan fingerprint density at radius 3 is 2.67 bits per heavy atom. The molecule has 0 aromatic rings. The molecule has 0 aliphatic heterocycles. The Kier molecular flexibility index (Phi) is 1.71. The van der Waals surface area contributed by atoms with Crippen molar-refractivity contribution in [1.29, 1.82) is 0 Å². The lowest BCUT2D eigenvalue weighted by atomic mass is 10.6. The molecule has 3 nitrogen and oxygen atoms in total. The van der Waals surface area contributed by atoms with Crippen molar-refractivity contribution in [2.45, 2.75) is 18.9 Å². The van der Waals surface area contributed by atoms with Crippen LogP contribution in [0.1, 0.15) is 12.8 Å². The second-order valence-corrected chi connectivity index (χ2v) is 2.38. The first-order valence-electron chi connectivity index (χ1n) is 3.15. The Morgan fingerprint density at radius 2 is 2.33 bits per heavy atom. The molecule has 0 bridgehead atoms. The van der Waals surface area contributed by atoms with E-state index in [-0.39, 0.29) is 6.03 Å². The van der Waals surface area contributed by atoms with Gasteiger partial charge >= 0.3 is 6.03 Å². The number of carbonyl (C=O) groups is 1. The number of carbonyl (C=O) groups excluding carboxylic acids is 1. The fraction of sp³-hybridized carbons (Fsp3) is 0.667. The maximum atomic E-state index is 10.8. The van der Waals surface area contributed by atoms with Crippen LogP contribution >= 0.6 is 0 Å². The zero-order chi connectivity index (χ0) is 6.85. The van der Waals surface area contributed by atoms with E-state index < -0.39 is 0 Å². The molecule has 0 saturated heterocycles. The van der Waals surface area contributed by atoms with Crippen molar-refractivity contribution >= 4 is 6.03 Å². The summed E-state index contributed by atoms with van der Waals surface area (Å²) in [4.78, 5) is 12.5. The molecule has 52 valence electrons. The lowest BCUT2D eigenvalue weighted by Crippen LogP contribution is -2.84. The summed E-state index contributed by atoms with van der Waals surface area (Å²) in [6.45, 7) is 0. The van der Waals surface area contributed by atoms with E-state index in [0.29, 0.717) is 6.04 Å². The number of amides is 2. The molecule has 2 N–H and O–H groups in total. The van der Waals surface area contributed by atoms with Gasteiger partial charge in [-0.1, -0.05) is 0 Å². The normalized spacial score (nSPS) is 17.6. The highest BCUT2D eigenvalue weighted by Gasteiger charge is 2.29. The molecule has 0 atom stereocenters. The van der Waals surface area contributed by atoms with E-state index in [1.54, 1.807) is 4.90 Å². The standard InChI is InChI=1S/C6H12N2O/c1-7-6(9)8(2)5-3-4-5/h5H,1,3-4,7H2,2H3. The molecule has 0 spiro atoms. The fourth-order valence-electron chi connectivity index (χ4n) is 0.786. The van der Waals surface area contributed by atoms with Crippen LogP contribution in [0.3, 0.4) is 0 Å². The van der Waals surface area contributed by atoms with Gasteiger partial charge in [0.1, 0.15) is 0 Å². The molecule has 0 heterocycles. The maximum Gasteiger partial charge on any atom is 0.389 e. The number of hydrogen-bond acceptors (Lipinski definition) is 1. The molecule has 1 saturated carbocycles. The number of hydrogen-bond donors (Lipinski definition) is 1. The SMILES string of the molecule is [CH2-][NH2+]C(=O)N(C)C1CC1. The van der Waals surface area contributed by atoms with E-state index in [2.05, 4.69) is 7.05 Å². The highest BCUT2D eigenvalue weighted by Crippen LogP contribution is 2.24. The van der Waals surface area contributed by atoms with Crippen molar-refractivity contribution in [3.8, 4) is 0 Å². The van der Waals surface area contributed by atoms with Gasteiger partial charge in [0.2, 0.25) is 0 Å². The first-order valence-corrected chi connectivity index (χ1v) is 3.15. The van der Waals surface area contributed by atoms with Crippen LogP contribution in [-0.4, -0.2) is 24.0 Å². The summed E-state index contributed by atoms with van der Waals surface area (Å²) in [5.74, 6) is 0. The first kappa shape index (κ1) is 6.55. The fourth-order valence-corrected chi connectivity index (χ4v) is 0.786. The molecule has 1 fully saturated rings. The number of urea groups is 1. The van der Waals surface area contributed by atoms with Gasteiger partial charge in [-0.15, -0.1) is 7.05 Å². The number of nitrogens with two attached hydrogens (primary N) is 1. The summed E-state index contributed by atoms with van der Waals surface area (Å²) in [6.07, 6.45) is 2.33. The highest BCUT2D eigenvalue weighted by molar-refractivity contribution is 5.64. The zero-order valence-electron chi connectivity index (χ0n) is 5.63. The Labute approximate surface area is 55.0 Å². The molecular weight excluding hydrogens is 116 g/mol. The number of nitrogens with zero attached hydrogens (tertiary/aromatic N) is 1. The van der Waals surface area contributed by atoms with Crippen molar-refractivity contribution in [2.24, 2.45) is 0 Å². The molecule has 3 heteroatoms. The molecule has 1 rings (SSSR count). The van der Waals surface area contributed by atoms with Crippen molar-refractivity contribution in [3.05, 3.63) is 7.05 Å². The lowest BCUT2D eigenvalue weighted by molar-refractivity contribution is -0.497. The summed E-state index contributed by atoms with van der Waals surface area (Å²) in [5.41, 5.74) is 0. The molecule has 0 radical (unpaired) electrons. The molecule has 1 aliphatic rings. The third-order valence-corrected chi connectivity index (χ3v) is 1.62. The van der Waals surface area contributed by atoms with Crippen molar-refractivity contribution in [2.75, 3.05) is 7.05 Å². The van der Waals surface area contributed by atoms with Gasteiger partial charge in [-0.3, -0.25) is 4.90 Å². The number of rotatable bonds is 1. The summed E-state index contributed by atoms with van der Waals surface area (Å²) in [5, 5.41) is 1.36. The van der Waals surface area contributed by atoms with E-state index >= 15 is 0 Å². The van der Waals surface area contributed by atoms with Crippen molar-refractivity contribution in [3.63, 3.8) is 0 Å². The minimum atomic E-state index is 0.0394. The van der Waals surface area contributed by atoms with Crippen LogP contribution in [0.2, 0.25) is 0 Å². The predicted octanol–water partition coefficient (Wildman–Crippen LogP) is -0.444. The summed E-state index contributed by atoms with van der Waals surface area (Å²) >= 11 is 0. The monoisotopic (exact) mass is 128 g/mol.